The standard InChI is InChI=1S/C29H33N3O4/c1-16-12-20-19-9-8-17-13-18(33)10-11-27(17,2)25(19)23(34)14-28(20,3)29(16,36)26(35)32-24-15-30-21-6-4-5-7-22(21)31-24/h4-7,10-11,13,15-16,19-20,23,25,34,36H,8-9,12,14H2,1-3H3,(H,31,32,35)/t16-,19?,20?,23?,25?,27?,28?,29+/m1/s1. The molecule has 1 aromatic carbocycles. The van der Waals surface area contributed by atoms with E-state index >= 15 is 0 Å². The van der Waals surface area contributed by atoms with Crippen molar-refractivity contribution in [3.8, 4) is 0 Å². The van der Waals surface area contributed by atoms with Crippen LogP contribution in [0.1, 0.15) is 46.5 Å². The fourth-order valence-electron chi connectivity index (χ4n) is 8.37. The topological polar surface area (TPSA) is 112 Å². The molecule has 4 aliphatic carbocycles. The smallest absolute Gasteiger partial charge is 0.258 e. The maximum atomic E-state index is 13.8. The number of rotatable bonds is 2. The molecule has 4 aliphatic rings. The molecule has 7 nitrogen and oxygen atoms in total. The number of ketones is 1. The van der Waals surface area contributed by atoms with Gasteiger partial charge in [0.2, 0.25) is 0 Å². The monoisotopic (exact) mass is 487 g/mol. The minimum atomic E-state index is -1.66. The van der Waals surface area contributed by atoms with Gasteiger partial charge in [0.1, 0.15) is 0 Å². The van der Waals surface area contributed by atoms with E-state index < -0.39 is 23.0 Å². The van der Waals surface area contributed by atoms with Crippen LogP contribution in [-0.2, 0) is 9.59 Å². The molecule has 0 spiro atoms. The molecular formula is C29H33N3O4. The number of aliphatic hydroxyl groups excluding tert-OH is 1. The van der Waals surface area contributed by atoms with Crippen molar-refractivity contribution in [3.05, 3.63) is 54.3 Å². The van der Waals surface area contributed by atoms with E-state index in [0.717, 1.165) is 23.9 Å². The lowest BCUT2D eigenvalue weighted by Crippen LogP contribution is -2.63. The Morgan fingerprint density at radius 1 is 1.19 bits per heavy atom. The quantitative estimate of drug-likeness (QED) is 0.594. The molecule has 36 heavy (non-hydrogen) atoms. The Labute approximate surface area is 210 Å². The van der Waals surface area contributed by atoms with Crippen LogP contribution < -0.4 is 5.32 Å². The number of fused-ring (bicyclic) bond motifs is 6. The molecule has 0 aliphatic heterocycles. The lowest BCUT2D eigenvalue weighted by Gasteiger charge is -2.59. The summed E-state index contributed by atoms with van der Waals surface area (Å²) >= 11 is 0. The van der Waals surface area contributed by atoms with Gasteiger partial charge in [0.25, 0.3) is 5.91 Å². The van der Waals surface area contributed by atoms with Crippen molar-refractivity contribution in [3.63, 3.8) is 0 Å². The predicted octanol–water partition coefficient (Wildman–Crippen LogP) is 3.82. The Morgan fingerprint density at radius 2 is 1.94 bits per heavy atom. The average Bonchev–Trinajstić information content (AvgIpc) is 3.05. The Bertz CT molecular complexity index is 1340. The summed E-state index contributed by atoms with van der Waals surface area (Å²) in [7, 11) is 0. The number of amides is 1. The Balaban J connectivity index is 1.33. The third kappa shape index (κ3) is 3.05. The van der Waals surface area contributed by atoms with Crippen LogP contribution in [0.25, 0.3) is 11.0 Å². The van der Waals surface area contributed by atoms with E-state index in [1.54, 1.807) is 12.2 Å². The van der Waals surface area contributed by atoms with Gasteiger partial charge in [0.05, 0.1) is 23.3 Å². The van der Waals surface area contributed by atoms with Gasteiger partial charge in [0, 0.05) is 16.7 Å². The number of hydrogen-bond acceptors (Lipinski definition) is 6. The van der Waals surface area contributed by atoms with Crippen molar-refractivity contribution in [2.45, 2.75) is 58.2 Å². The van der Waals surface area contributed by atoms with Gasteiger partial charge in [-0.15, -0.1) is 0 Å². The third-order valence-corrected chi connectivity index (χ3v) is 10.1. The molecule has 0 saturated heterocycles. The average molecular weight is 488 g/mol. The minimum absolute atomic E-state index is 0.00777. The zero-order chi connectivity index (χ0) is 25.5. The van der Waals surface area contributed by atoms with Crippen LogP contribution in [0.5, 0.6) is 0 Å². The molecule has 0 radical (unpaired) electrons. The van der Waals surface area contributed by atoms with E-state index in [9.17, 15) is 19.8 Å². The van der Waals surface area contributed by atoms with Crippen molar-refractivity contribution in [2.75, 3.05) is 5.32 Å². The fourth-order valence-corrected chi connectivity index (χ4v) is 8.37. The minimum Gasteiger partial charge on any atom is -0.393 e. The van der Waals surface area contributed by atoms with Gasteiger partial charge < -0.3 is 15.5 Å². The highest BCUT2D eigenvalue weighted by Gasteiger charge is 2.70. The highest BCUT2D eigenvalue weighted by Crippen LogP contribution is 2.68. The maximum absolute atomic E-state index is 13.8. The molecular weight excluding hydrogens is 454 g/mol. The second-order valence-corrected chi connectivity index (χ2v) is 11.8. The molecule has 1 amide bonds. The first kappa shape index (κ1) is 23.5. The number of anilines is 1. The molecule has 188 valence electrons. The highest BCUT2D eigenvalue weighted by molar-refractivity contribution is 6.01. The summed E-state index contributed by atoms with van der Waals surface area (Å²) < 4.78 is 0. The number of hydrogen-bond donors (Lipinski definition) is 3. The summed E-state index contributed by atoms with van der Waals surface area (Å²) in [5.41, 5.74) is -0.355. The van der Waals surface area contributed by atoms with Crippen molar-refractivity contribution in [1.82, 2.24) is 9.97 Å². The zero-order valence-corrected chi connectivity index (χ0v) is 20.9. The summed E-state index contributed by atoms with van der Waals surface area (Å²) in [4.78, 5) is 34.7. The van der Waals surface area contributed by atoms with Gasteiger partial charge in [-0.25, -0.2) is 4.98 Å². The highest BCUT2D eigenvalue weighted by atomic mass is 16.3. The van der Waals surface area contributed by atoms with Crippen LogP contribution in [0.15, 0.2) is 54.3 Å². The number of aliphatic hydroxyl groups is 2. The Hall–Kier alpha value is -2.90. The van der Waals surface area contributed by atoms with Gasteiger partial charge in [-0.3, -0.25) is 14.6 Å². The lowest BCUT2D eigenvalue weighted by molar-refractivity contribution is -0.179. The number of allylic oxidation sites excluding steroid dienone is 4. The van der Waals surface area contributed by atoms with E-state index in [1.165, 1.54) is 6.20 Å². The molecule has 3 N–H and O–H groups in total. The van der Waals surface area contributed by atoms with Crippen LogP contribution >= 0.6 is 0 Å². The molecule has 0 bridgehead atoms. The van der Waals surface area contributed by atoms with Gasteiger partial charge in [-0.05, 0) is 67.7 Å². The molecule has 6 unspecified atom stereocenters. The number of nitrogens with one attached hydrogen (secondary N) is 1. The lowest BCUT2D eigenvalue weighted by atomic mass is 9.46. The molecule has 1 aromatic heterocycles. The predicted molar refractivity (Wildman–Crippen MR) is 136 cm³/mol. The first-order valence-electron chi connectivity index (χ1n) is 13.0. The van der Waals surface area contributed by atoms with Gasteiger partial charge >= 0.3 is 0 Å². The molecule has 7 heteroatoms. The van der Waals surface area contributed by atoms with Crippen molar-refractivity contribution in [2.24, 2.45) is 34.5 Å². The molecule has 3 saturated carbocycles. The van der Waals surface area contributed by atoms with Gasteiger partial charge in [-0.1, -0.05) is 44.6 Å². The first-order valence-corrected chi connectivity index (χ1v) is 13.0. The van der Waals surface area contributed by atoms with Crippen LogP contribution in [0.2, 0.25) is 0 Å². The molecule has 8 atom stereocenters. The SMILES string of the molecule is C[C@@H]1CC2C3CCC4=CC(=O)C=CC4(C)C3C(O)CC2(C)[C@@]1(O)C(=O)Nc1cnc2ccccc2n1. The van der Waals surface area contributed by atoms with Gasteiger partial charge in [0.15, 0.2) is 17.2 Å². The number of carbonyl (C=O) groups excluding carboxylic acids is 2. The van der Waals surface area contributed by atoms with Crippen molar-refractivity contribution in [1.29, 1.82) is 0 Å². The normalized spacial score (nSPS) is 41.3. The summed E-state index contributed by atoms with van der Waals surface area (Å²) in [6, 6.07) is 7.43. The van der Waals surface area contributed by atoms with Crippen LogP contribution in [0.4, 0.5) is 5.82 Å². The number of benzene rings is 1. The number of para-hydroxylation sites is 2. The van der Waals surface area contributed by atoms with Crippen LogP contribution in [0.3, 0.4) is 0 Å². The molecule has 1 heterocycles. The number of carbonyl (C=O) groups is 2. The summed E-state index contributed by atoms with van der Waals surface area (Å²) in [5, 5.41) is 26.6. The first-order chi connectivity index (χ1) is 17.1. The van der Waals surface area contributed by atoms with E-state index in [0.29, 0.717) is 24.2 Å². The number of aromatic nitrogens is 2. The molecule has 2 aromatic rings. The fraction of sp³-hybridized carbons (Fsp3) is 0.517. The maximum Gasteiger partial charge on any atom is 0.258 e. The Kier molecular flexibility index (Phi) is 5.09. The summed E-state index contributed by atoms with van der Waals surface area (Å²) in [6.45, 7) is 6.03. The second-order valence-electron chi connectivity index (χ2n) is 11.8. The molecule has 3 fully saturated rings. The molecule has 6 rings (SSSR count). The summed E-state index contributed by atoms with van der Waals surface area (Å²) in [5.74, 6) is -0.303. The van der Waals surface area contributed by atoms with E-state index in [-0.39, 0.29) is 34.9 Å². The Morgan fingerprint density at radius 3 is 2.72 bits per heavy atom. The van der Waals surface area contributed by atoms with E-state index in [4.69, 9.17) is 0 Å². The largest absolute Gasteiger partial charge is 0.393 e. The van der Waals surface area contributed by atoms with Gasteiger partial charge in [-0.2, -0.15) is 0 Å². The van der Waals surface area contributed by atoms with E-state index in [2.05, 4.69) is 22.2 Å². The zero-order valence-electron chi connectivity index (χ0n) is 20.9. The third-order valence-electron chi connectivity index (χ3n) is 10.1. The number of nitrogens with zero attached hydrogens (tertiary/aromatic N) is 2. The van der Waals surface area contributed by atoms with Crippen molar-refractivity contribution < 1.29 is 19.8 Å². The van der Waals surface area contributed by atoms with E-state index in [1.807, 2.05) is 44.2 Å². The van der Waals surface area contributed by atoms with Crippen LogP contribution in [-0.4, -0.2) is 43.6 Å². The second kappa shape index (κ2) is 7.80. The summed E-state index contributed by atoms with van der Waals surface area (Å²) in [6.07, 6.45) is 8.80. The van der Waals surface area contributed by atoms with Crippen molar-refractivity contribution >= 4 is 28.5 Å². The van der Waals surface area contributed by atoms with Crippen LogP contribution in [0, 0.1) is 34.5 Å².